The van der Waals surface area contributed by atoms with Crippen molar-refractivity contribution in [3.63, 3.8) is 0 Å². The second kappa shape index (κ2) is 9.71. The summed E-state index contributed by atoms with van der Waals surface area (Å²) in [5.41, 5.74) is 1.34. The smallest absolute Gasteiger partial charge is 0.261 e. The standard InChI is InChI=1S/C23H30N2O4S2/c1-29-19-8-10-20(11-9-19)31(27,28)25-14-12-18(13-15-25)24-23(26)22-16-17-6-4-2-3-5-7-21(17)30-22/h8-11,16,18H,2-7,12-15H2,1H3,(H,24,26). The van der Waals surface area contributed by atoms with E-state index in [1.165, 1.54) is 40.4 Å². The zero-order chi connectivity index (χ0) is 21.8. The summed E-state index contributed by atoms with van der Waals surface area (Å²) in [7, 11) is -1.98. The van der Waals surface area contributed by atoms with Gasteiger partial charge >= 0.3 is 0 Å². The molecule has 1 fully saturated rings. The van der Waals surface area contributed by atoms with Crippen molar-refractivity contribution in [2.75, 3.05) is 20.2 Å². The summed E-state index contributed by atoms with van der Waals surface area (Å²) >= 11 is 1.63. The molecule has 31 heavy (non-hydrogen) atoms. The molecule has 2 aliphatic rings. The molecule has 0 unspecified atom stereocenters. The van der Waals surface area contributed by atoms with E-state index in [4.69, 9.17) is 4.74 Å². The Morgan fingerprint density at radius 1 is 1.06 bits per heavy atom. The molecule has 0 spiro atoms. The normalized spacial score (nSPS) is 18.6. The molecule has 1 N–H and O–H groups in total. The van der Waals surface area contributed by atoms with E-state index < -0.39 is 10.0 Å². The number of sulfonamides is 1. The Labute approximate surface area is 188 Å². The van der Waals surface area contributed by atoms with Gasteiger partial charge in [-0.2, -0.15) is 4.31 Å². The Balaban J connectivity index is 1.34. The predicted octanol–water partition coefficient (Wildman–Crippen LogP) is 4.00. The number of nitrogens with one attached hydrogen (secondary N) is 1. The number of carbonyl (C=O) groups is 1. The van der Waals surface area contributed by atoms with Gasteiger partial charge in [-0.3, -0.25) is 4.79 Å². The van der Waals surface area contributed by atoms with E-state index in [1.54, 1.807) is 42.7 Å². The third-order valence-electron chi connectivity index (χ3n) is 6.21. The van der Waals surface area contributed by atoms with Crippen molar-refractivity contribution in [3.8, 4) is 5.75 Å². The molecule has 168 valence electrons. The van der Waals surface area contributed by atoms with E-state index in [0.29, 0.717) is 31.7 Å². The maximum absolute atomic E-state index is 12.9. The maximum atomic E-state index is 12.9. The first kappa shape index (κ1) is 22.3. The van der Waals surface area contributed by atoms with Gasteiger partial charge in [-0.05, 0) is 74.4 Å². The van der Waals surface area contributed by atoms with Crippen LogP contribution in [0.2, 0.25) is 0 Å². The molecule has 1 aromatic carbocycles. The van der Waals surface area contributed by atoms with Crippen molar-refractivity contribution < 1.29 is 17.9 Å². The number of hydrogen-bond acceptors (Lipinski definition) is 5. The molecule has 1 aliphatic heterocycles. The fourth-order valence-electron chi connectivity index (χ4n) is 4.35. The second-order valence-electron chi connectivity index (χ2n) is 8.30. The van der Waals surface area contributed by atoms with E-state index >= 15 is 0 Å². The zero-order valence-electron chi connectivity index (χ0n) is 17.9. The Hall–Kier alpha value is -1.90. The summed E-state index contributed by atoms with van der Waals surface area (Å²) in [4.78, 5) is 15.2. The third kappa shape index (κ3) is 5.13. The molecule has 0 radical (unpaired) electrons. The van der Waals surface area contributed by atoms with Crippen LogP contribution in [0.25, 0.3) is 0 Å². The molecule has 0 atom stereocenters. The first-order chi connectivity index (χ1) is 15.0. The summed E-state index contributed by atoms with van der Waals surface area (Å²) in [5.74, 6) is 0.607. The summed E-state index contributed by atoms with van der Waals surface area (Å²) < 4.78 is 32.4. The van der Waals surface area contributed by atoms with Gasteiger partial charge in [-0.1, -0.05) is 12.8 Å². The van der Waals surface area contributed by atoms with Gasteiger partial charge in [0.25, 0.3) is 5.91 Å². The molecular weight excluding hydrogens is 432 g/mol. The Morgan fingerprint density at radius 3 is 2.42 bits per heavy atom. The van der Waals surface area contributed by atoms with Crippen LogP contribution in [0, 0.1) is 0 Å². The molecule has 0 saturated carbocycles. The van der Waals surface area contributed by atoms with Gasteiger partial charge in [0.2, 0.25) is 10.0 Å². The summed E-state index contributed by atoms with van der Waals surface area (Å²) in [6, 6.07) is 8.54. The minimum absolute atomic E-state index is 0.000462. The van der Waals surface area contributed by atoms with Crippen molar-refractivity contribution >= 4 is 27.3 Å². The molecule has 1 amide bonds. The number of amides is 1. The molecular formula is C23H30N2O4S2. The van der Waals surface area contributed by atoms with Crippen LogP contribution in [0.3, 0.4) is 0 Å². The van der Waals surface area contributed by atoms with Crippen molar-refractivity contribution in [1.82, 2.24) is 9.62 Å². The van der Waals surface area contributed by atoms with E-state index in [-0.39, 0.29) is 16.8 Å². The van der Waals surface area contributed by atoms with Gasteiger partial charge in [0.1, 0.15) is 5.75 Å². The molecule has 1 aromatic heterocycles. The van der Waals surface area contributed by atoms with Crippen LogP contribution >= 0.6 is 11.3 Å². The summed E-state index contributed by atoms with van der Waals surface area (Å²) in [6.45, 7) is 0.806. The zero-order valence-corrected chi connectivity index (χ0v) is 19.6. The second-order valence-corrected chi connectivity index (χ2v) is 11.4. The highest BCUT2D eigenvalue weighted by Gasteiger charge is 2.30. The highest BCUT2D eigenvalue weighted by Crippen LogP contribution is 2.29. The van der Waals surface area contributed by atoms with Gasteiger partial charge in [0, 0.05) is 24.0 Å². The number of methoxy groups -OCH3 is 1. The van der Waals surface area contributed by atoms with Crippen LogP contribution in [0.15, 0.2) is 35.2 Å². The minimum Gasteiger partial charge on any atom is -0.497 e. The molecule has 6 nitrogen and oxygen atoms in total. The van der Waals surface area contributed by atoms with Crippen molar-refractivity contribution in [3.05, 3.63) is 45.6 Å². The Kier molecular flexibility index (Phi) is 6.99. The number of fused-ring (bicyclic) bond motifs is 1. The highest BCUT2D eigenvalue weighted by atomic mass is 32.2. The average Bonchev–Trinajstić information content (AvgIpc) is 3.16. The molecule has 2 heterocycles. The van der Waals surface area contributed by atoms with E-state index in [0.717, 1.165) is 17.7 Å². The first-order valence-electron chi connectivity index (χ1n) is 11.0. The van der Waals surface area contributed by atoms with Crippen LogP contribution in [-0.2, 0) is 22.9 Å². The van der Waals surface area contributed by atoms with Gasteiger partial charge in [0.15, 0.2) is 0 Å². The number of rotatable bonds is 5. The predicted molar refractivity (Wildman–Crippen MR) is 122 cm³/mol. The molecule has 1 aliphatic carbocycles. The van der Waals surface area contributed by atoms with Crippen molar-refractivity contribution in [1.29, 1.82) is 0 Å². The van der Waals surface area contributed by atoms with Gasteiger partial charge < -0.3 is 10.1 Å². The Bertz CT molecular complexity index is 981. The fourth-order valence-corrected chi connectivity index (χ4v) is 6.98. The van der Waals surface area contributed by atoms with Crippen LogP contribution in [0.1, 0.15) is 58.6 Å². The molecule has 0 bridgehead atoms. The number of thiophene rings is 1. The van der Waals surface area contributed by atoms with Crippen molar-refractivity contribution in [2.24, 2.45) is 0 Å². The van der Waals surface area contributed by atoms with E-state index in [2.05, 4.69) is 11.4 Å². The lowest BCUT2D eigenvalue weighted by Gasteiger charge is -2.31. The third-order valence-corrected chi connectivity index (χ3v) is 9.36. The lowest BCUT2D eigenvalue weighted by atomic mass is 9.99. The fraction of sp³-hybridized carbons (Fsp3) is 0.522. The van der Waals surface area contributed by atoms with Gasteiger partial charge in [-0.15, -0.1) is 11.3 Å². The molecule has 8 heteroatoms. The van der Waals surface area contributed by atoms with Crippen LogP contribution in [0.5, 0.6) is 5.75 Å². The monoisotopic (exact) mass is 462 g/mol. The number of piperidine rings is 1. The Morgan fingerprint density at radius 2 is 1.74 bits per heavy atom. The summed E-state index contributed by atoms with van der Waals surface area (Å²) in [5, 5.41) is 3.14. The SMILES string of the molecule is COc1ccc(S(=O)(=O)N2CCC(NC(=O)c3cc4c(s3)CCCCCC4)CC2)cc1. The highest BCUT2D eigenvalue weighted by molar-refractivity contribution is 7.89. The maximum Gasteiger partial charge on any atom is 0.261 e. The number of nitrogens with zero attached hydrogens (tertiary/aromatic N) is 1. The lowest BCUT2D eigenvalue weighted by molar-refractivity contribution is 0.0928. The number of benzene rings is 1. The van der Waals surface area contributed by atoms with E-state index in [9.17, 15) is 13.2 Å². The summed E-state index contributed by atoms with van der Waals surface area (Å²) in [6.07, 6.45) is 8.33. The van der Waals surface area contributed by atoms with Crippen LogP contribution in [-0.4, -0.2) is 44.9 Å². The van der Waals surface area contributed by atoms with Crippen LogP contribution in [0.4, 0.5) is 0 Å². The molecule has 4 rings (SSSR count). The number of aryl methyl sites for hydroxylation is 2. The largest absolute Gasteiger partial charge is 0.497 e. The average molecular weight is 463 g/mol. The topological polar surface area (TPSA) is 75.7 Å². The number of carbonyl (C=O) groups excluding carboxylic acids is 1. The van der Waals surface area contributed by atoms with E-state index in [1.807, 2.05) is 0 Å². The quantitative estimate of drug-likeness (QED) is 0.729. The van der Waals surface area contributed by atoms with Gasteiger partial charge in [0.05, 0.1) is 16.9 Å². The molecule has 2 aromatic rings. The van der Waals surface area contributed by atoms with Crippen molar-refractivity contribution in [2.45, 2.75) is 62.3 Å². The minimum atomic E-state index is -3.53. The van der Waals surface area contributed by atoms with Gasteiger partial charge in [-0.25, -0.2) is 8.42 Å². The number of ether oxygens (including phenoxy) is 1. The van der Waals surface area contributed by atoms with Crippen LogP contribution < -0.4 is 10.1 Å². The lowest BCUT2D eigenvalue weighted by Crippen LogP contribution is -2.46. The molecule has 1 saturated heterocycles. The number of hydrogen-bond donors (Lipinski definition) is 1. The first-order valence-corrected chi connectivity index (χ1v) is 13.3.